The highest BCUT2D eigenvalue weighted by molar-refractivity contribution is 5.85. The third-order valence-electron chi connectivity index (χ3n) is 3.75. The molecule has 1 atom stereocenters. The predicted octanol–water partition coefficient (Wildman–Crippen LogP) is 2.64. The summed E-state index contributed by atoms with van der Waals surface area (Å²) in [4.78, 5) is 2.59. The molecule has 1 heterocycles. The van der Waals surface area contributed by atoms with Crippen LogP contribution in [0.2, 0.25) is 0 Å². The molecule has 1 saturated heterocycles. The van der Waals surface area contributed by atoms with Gasteiger partial charge in [0.15, 0.2) is 0 Å². The molecule has 0 aliphatic carbocycles. The lowest BCUT2D eigenvalue weighted by atomic mass is 10.0. The van der Waals surface area contributed by atoms with E-state index in [-0.39, 0.29) is 12.4 Å². The van der Waals surface area contributed by atoms with Crippen LogP contribution in [-0.2, 0) is 6.42 Å². The predicted molar refractivity (Wildman–Crippen MR) is 80.7 cm³/mol. The molecule has 1 aromatic carbocycles. The molecule has 1 aliphatic heterocycles. The molecule has 2 rings (SSSR count). The van der Waals surface area contributed by atoms with Crippen LogP contribution < -0.4 is 5.32 Å². The number of hydrogen-bond acceptors (Lipinski definition) is 2. The Bertz CT molecular complexity index is 337. The van der Waals surface area contributed by atoms with Gasteiger partial charge in [0.1, 0.15) is 0 Å². The maximum absolute atomic E-state index is 3.40. The zero-order valence-corrected chi connectivity index (χ0v) is 12.3. The Labute approximate surface area is 117 Å². The number of likely N-dealkylation sites (N-methyl/N-ethyl adjacent to an activating group) is 1. The van der Waals surface area contributed by atoms with Crippen molar-refractivity contribution in [1.29, 1.82) is 0 Å². The molecule has 1 N–H and O–H groups in total. The molecular formula is C15H25ClN2. The molecule has 2 nitrogen and oxygen atoms in total. The van der Waals surface area contributed by atoms with Gasteiger partial charge >= 0.3 is 0 Å². The fourth-order valence-electron chi connectivity index (χ4n) is 2.54. The molecule has 0 saturated carbocycles. The molecule has 0 spiro atoms. The summed E-state index contributed by atoms with van der Waals surface area (Å²) < 4.78 is 0. The van der Waals surface area contributed by atoms with E-state index in [9.17, 15) is 0 Å². The second-order valence-electron chi connectivity index (χ2n) is 5.16. The fraction of sp³-hybridized carbons (Fsp3) is 0.600. The minimum atomic E-state index is 0. The summed E-state index contributed by atoms with van der Waals surface area (Å²) in [6.07, 6.45) is 3.84. The van der Waals surface area contributed by atoms with Crippen molar-refractivity contribution in [3.8, 4) is 0 Å². The summed E-state index contributed by atoms with van der Waals surface area (Å²) in [6, 6.07) is 9.63. The highest BCUT2D eigenvalue weighted by Gasteiger charge is 2.17. The average molecular weight is 269 g/mol. The summed E-state index contributed by atoms with van der Waals surface area (Å²) in [5.41, 5.74) is 2.81. The van der Waals surface area contributed by atoms with Crippen molar-refractivity contribution in [2.75, 3.05) is 26.7 Å². The molecule has 1 aromatic rings. The Morgan fingerprint density at radius 2 is 2.00 bits per heavy atom. The Morgan fingerprint density at radius 3 is 2.67 bits per heavy atom. The summed E-state index contributed by atoms with van der Waals surface area (Å²) in [7, 11) is 2.08. The molecule has 18 heavy (non-hydrogen) atoms. The number of aryl methyl sites for hydroxylation is 1. The summed E-state index contributed by atoms with van der Waals surface area (Å²) in [5.74, 6) is 0. The van der Waals surface area contributed by atoms with Crippen molar-refractivity contribution in [2.45, 2.75) is 32.2 Å². The summed E-state index contributed by atoms with van der Waals surface area (Å²) >= 11 is 0. The topological polar surface area (TPSA) is 15.3 Å². The van der Waals surface area contributed by atoms with Gasteiger partial charge < -0.3 is 10.2 Å². The zero-order chi connectivity index (χ0) is 12.1. The number of benzene rings is 1. The lowest BCUT2D eigenvalue weighted by molar-refractivity contribution is 0.197. The van der Waals surface area contributed by atoms with E-state index in [1.807, 2.05) is 0 Å². The third kappa shape index (κ3) is 4.60. The van der Waals surface area contributed by atoms with Gasteiger partial charge in [-0.3, -0.25) is 0 Å². The highest BCUT2D eigenvalue weighted by Crippen LogP contribution is 2.11. The van der Waals surface area contributed by atoms with E-state index in [4.69, 9.17) is 0 Å². The zero-order valence-electron chi connectivity index (χ0n) is 11.5. The van der Waals surface area contributed by atoms with Crippen LogP contribution in [-0.4, -0.2) is 37.6 Å². The second-order valence-corrected chi connectivity index (χ2v) is 5.16. The Balaban J connectivity index is 0.00000162. The van der Waals surface area contributed by atoms with E-state index in [0.717, 1.165) is 0 Å². The number of hydrogen-bond donors (Lipinski definition) is 1. The Morgan fingerprint density at radius 1 is 1.28 bits per heavy atom. The lowest BCUT2D eigenvalue weighted by Gasteiger charge is -2.32. The van der Waals surface area contributed by atoms with Crippen molar-refractivity contribution >= 4 is 12.4 Å². The molecule has 1 unspecified atom stereocenters. The molecule has 0 radical (unpaired) electrons. The molecular weight excluding hydrogens is 244 g/mol. The first-order valence-corrected chi connectivity index (χ1v) is 6.73. The number of nitrogens with one attached hydrogen (secondary N) is 1. The van der Waals surface area contributed by atoms with Crippen molar-refractivity contribution in [3.63, 3.8) is 0 Å². The molecule has 1 fully saturated rings. The molecule has 0 amide bonds. The van der Waals surface area contributed by atoms with E-state index < -0.39 is 0 Å². The van der Waals surface area contributed by atoms with Gasteiger partial charge in [0.05, 0.1) is 0 Å². The molecule has 3 heteroatoms. The monoisotopic (exact) mass is 268 g/mol. The van der Waals surface area contributed by atoms with E-state index in [2.05, 4.69) is 48.5 Å². The van der Waals surface area contributed by atoms with Crippen molar-refractivity contribution < 1.29 is 0 Å². The van der Waals surface area contributed by atoms with Crippen LogP contribution in [0.15, 0.2) is 24.3 Å². The van der Waals surface area contributed by atoms with Crippen molar-refractivity contribution in [1.82, 2.24) is 10.2 Å². The van der Waals surface area contributed by atoms with Crippen LogP contribution in [0, 0.1) is 6.92 Å². The van der Waals surface area contributed by atoms with Crippen LogP contribution in [0.5, 0.6) is 0 Å². The first-order chi connectivity index (χ1) is 8.28. The van der Waals surface area contributed by atoms with Crippen LogP contribution in [0.1, 0.15) is 24.0 Å². The van der Waals surface area contributed by atoms with Crippen LogP contribution in [0.25, 0.3) is 0 Å². The standard InChI is InChI=1S/C15H24N2.ClH/c1-13-5-7-14(8-6-13)9-11-17-10-3-4-15(12-17)16-2;/h5-8,15-16H,3-4,9-12H2,1-2H3;1H. The van der Waals surface area contributed by atoms with E-state index in [1.165, 1.54) is 50.0 Å². The SMILES string of the molecule is CNC1CCCN(CCc2ccc(C)cc2)C1.Cl. The maximum atomic E-state index is 3.40. The van der Waals surface area contributed by atoms with E-state index in [0.29, 0.717) is 6.04 Å². The average Bonchev–Trinajstić information content (AvgIpc) is 2.38. The quantitative estimate of drug-likeness (QED) is 0.903. The minimum absolute atomic E-state index is 0. The number of likely N-dealkylation sites (tertiary alicyclic amines) is 1. The van der Waals surface area contributed by atoms with Crippen LogP contribution in [0.4, 0.5) is 0 Å². The lowest BCUT2D eigenvalue weighted by Crippen LogP contribution is -2.44. The Hall–Kier alpha value is -0.570. The van der Waals surface area contributed by atoms with Crippen LogP contribution in [0.3, 0.4) is 0 Å². The molecule has 0 aromatic heterocycles. The van der Waals surface area contributed by atoms with E-state index in [1.54, 1.807) is 0 Å². The van der Waals surface area contributed by atoms with Gasteiger partial charge in [-0.2, -0.15) is 0 Å². The minimum Gasteiger partial charge on any atom is -0.316 e. The second kappa shape index (κ2) is 7.78. The largest absolute Gasteiger partial charge is 0.316 e. The van der Waals surface area contributed by atoms with E-state index >= 15 is 0 Å². The van der Waals surface area contributed by atoms with Gasteiger partial charge in [0.25, 0.3) is 0 Å². The van der Waals surface area contributed by atoms with Gasteiger partial charge in [0.2, 0.25) is 0 Å². The van der Waals surface area contributed by atoms with Gasteiger partial charge in [0, 0.05) is 19.1 Å². The summed E-state index contributed by atoms with van der Waals surface area (Å²) in [5, 5.41) is 3.40. The number of halogens is 1. The number of nitrogens with zero attached hydrogens (tertiary/aromatic N) is 1. The Kier molecular flexibility index (Phi) is 6.69. The smallest absolute Gasteiger partial charge is 0.0192 e. The van der Waals surface area contributed by atoms with Gasteiger partial charge in [-0.15, -0.1) is 12.4 Å². The van der Waals surface area contributed by atoms with Crippen LogP contribution >= 0.6 is 12.4 Å². The third-order valence-corrected chi connectivity index (χ3v) is 3.75. The molecule has 1 aliphatic rings. The van der Waals surface area contributed by atoms with Crippen molar-refractivity contribution in [2.24, 2.45) is 0 Å². The normalized spacial score (nSPS) is 20.4. The molecule has 102 valence electrons. The van der Waals surface area contributed by atoms with Gasteiger partial charge in [-0.05, 0) is 45.3 Å². The molecule has 0 bridgehead atoms. The fourth-order valence-corrected chi connectivity index (χ4v) is 2.54. The maximum Gasteiger partial charge on any atom is 0.0192 e. The van der Waals surface area contributed by atoms with Gasteiger partial charge in [-0.1, -0.05) is 29.8 Å². The first-order valence-electron chi connectivity index (χ1n) is 6.73. The number of rotatable bonds is 4. The highest BCUT2D eigenvalue weighted by atomic mass is 35.5. The van der Waals surface area contributed by atoms with Crippen molar-refractivity contribution in [3.05, 3.63) is 35.4 Å². The summed E-state index contributed by atoms with van der Waals surface area (Å²) in [6.45, 7) is 5.82. The number of piperidine rings is 1. The van der Waals surface area contributed by atoms with Gasteiger partial charge in [-0.25, -0.2) is 0 Å². The first kappa shape index (κ1) is 15.5.